The lowest BCUT2D eigenvalue weighted by molar-refractivity contribution is 0.0876. The molecule has 0 radical (unpaired) electrons. The van der Waals surface area contributed by atoms with Gasteiger partial charge in [-0.2, -0.15) is 0 Å². The highest BCUT2D eigenvalue weighted by Crippen LogP contribution is 2.25. The third-order valence-electron chi connectivity index (χ3n) is 5.35. The predicted octanol–water partition coefficient (Wildman–Crippen LogP) is 4.58. The van der Waals surface area contributed by atoms with Gasteiger partial charge in [0, 0.05) is 43.3 Å². The van der Waals surface area contributed by atoms with E-state index in [4.69, 9.17) is 16.0 Å². The summed E-state index contributed by atoms with van der Waals surface area (Å²) in [6.07, 6.45) is 0. The van der Waals surface area contributed by atoms with E-state index in [0.717, 1.165) is 43.3 Å². The molecule has 0 amide bonds. The molecule has 5 nitrogen and oxygen atoms in total. The van der Waals surface area contributed by atoms with Crippen molar-refractivity contribution in [2.24, 2.45) is 0 Å². The number of piperazine rings is 1. The molecule has 6 heteroatoms. The molecule has 2 heterocycles. The fourth-order valence-corrected chi connectivity index (χ4v) is 3.79. The van der Waals surface area contributed by atoms with Crippen LogP contribution >= 0.6 is 11.6 Å². The van der Waals surface area contributed by atoms with E-state index in [1.807, 2.05) is 30.3 Å². The quantitative estimate of drug-likeness (QED) is 0.631. The minimum absolute atomic E-state index is 0.111. The summed E-state index contributed by atoms with van der Waals surface area (Å²) in [5, 5.41) is 9.34. The van der Waals surface area contributed by atoms with Gasteiger partial charge in [-0.3, -0.25) is 9.80 Å². The molecule has 0 aliphatic carbocycles. The summed E-state index contributed by atoms with van der Waals surface area (Å²) < 4.78 is 5.97. The molecule has 0 unspecified atom stereocenters. The second kappa shape index (κ2) is 8.43. The first-order valence-corrected chi connectivity index (χ1v) is 10.1. The van der Waals surface area contributed by atoms with Crippen molar-refractivity contribution in [1.29, 1.82) is 0 Å². The number of rotatable bonds is 5. The van der Waals surface area contributed by atoms with Gasteiger partial charge in [0.25, 0.3) is 0 Å². The second-order valence-electron chi connectivity index (χ2n) is 7.43. The van der Waals surface area contributed by atoms with Gasteiger partial charge >= 0.3 is 0 Å². The highest BCUT2D eigenvalue weighted by Gasteiger charge is 2.25. The number of nitrogens with zero attached hydrogens (tertiary/aromatic N) is 4. The van der Waals surface area contributed by atoms with Crippen LogP contribution in [0.5, 0.6) is 0 Å². The van der Waals surface area contributed by atoms with Gasteiger partial charge in [-0.15, -0.1) is 10.2 Å². The van der Waals surface area contributed by atoms with E-state index in [2.05, 4.69) is 52.0 Å². The van der Waals surface area contributed by atoms with Crippen LogP contribution < -0.4 is 0 Å². The van der Waals surface area contributed by atoms with Crippen LogP contribution in [-0.4, -0.2) is 46.2 Å². The van der Waals surface area contributed by atoms with E-state index in [0.29, 0.717) is 11.8 Å². The summed E-state index contributed by atoms with van der Waals surface area (Å²) in [5.41, 5.74) is 3.43. The molecule has 1 fully saturated rings. The lowest BCUT2D eigenvalue weighted by Crippen LogP contribution is -2.46. The number of hydrogen-bond acceptors (Lipinski definition) is 5. The van der Waals surface area contributed by atoms with E-state index < -0.39 is 0 Å². The van der Waals surface area contributed by atoms with Crippen LogP contribution in [0, 0.1) is 6.92 Å². The zero-order chi connectivity index (χ0) is 19.5. The fourth-order valence-electron chi connectivity index (χ4n) is 3.57. The summed E-state index contributed by atoms with van der Waals surface area (Å²) in [6.45, 7) is 9.11. The van der Waals surface area contributed by atoms with Crippen LogP contribution in [0.4, 0.5) is 0 Å². The SMILES string of the molecule is Cc1ccc(-c2nnc([C@H](C)N3CCN(Cc4cccc(Cl)c4)CC3)o2)cc1. The maximum atomic E-state index is 6.10. The summed E-state index contributed by atoms with van der Waals surface area (Å²) in [6, 6.07) is 16.4. The number of aromatic nitrogens is 2. The van der Waals surface area contributed by atoms with Crippen LogP contribution in [0.3, 0.4) is 0 Å². The summed E-state index contributed by atoms with van der Waals surface area (Å²) in [7, 11) is 0. The molecule has 0 saturated carbocycles. The van der Waals surface area contributed by atoms with Crippen molar-refractivity contribution in [3.63, 3.8) is 0 Å². The van der Waals surface area contributed by atoms with Gasteiger partial charge < -0.3 is 4.42 Å². The average molecular weight is 397 g/mol. The molecule has 1 aromatic heterocycles. The smallest absolute Gasteiger partial charge is 0.247 e. The first-order valence-electron chi connectivity index (χ1n) is 9.70. The Labute approximate surface area is 170 Å². The monoisotopic (exact) mass is 396 g/mol. The summed E-state index contributed by atoms with van der Waals surface area (Å²) in [5.74, 6) is 1.26. The topological polar surface area (TPSA) is 45.4 Å². The van der Waals surface area contributed by atoms with Gasteiger partial charge in [-0.05, 0) is 43.7 Å². The van der Waals surface area contributed by atoms with E-state index in [-0.39, 0.29) is 6.04 Å². The number of aryl methyl sites for hydroxylation is 1. The molecule has 1 aliphatic rings. The lowest BCUT2D eigenvalue weighted by atomic mass is 10.1. The highest BCUT2D eigenvalue weighted by atomic mass is 35.5. The van der Waals surface area contributed by atoms with E-state index >= 15 is 0 Å². The van der Waals surface area contributed by atoms with Crippen LogP contribution in [0.25, 0.3) is 11.5 Å². The molecule has 1 saturated heterocycles. The Balaban J connectivity index is 1.35. The zero-order valence-electron chi connectivity index (χ0n) is 16.3. The zero-order valence-corrected chi connectivity index (χ0v) is 17.1. The van der Waals surface area contributed by atoms with Crippen molar-refractivity contribution in [1.82, 2.24) is 20.0 Å². The summed E-state index contributed by atoms with van der Waals surface area (Å²) >= 11 is 6.10. The Morgan fingerprint density at radius 2 is 1.79 bits per heavy atom. The van der Waals surface area contributed by atoms with Gasteiger partial charge in [0.15, 0.2) is 0 Å². The minimum atomic E-state index is 0.111. The number of hydrogen-bond donors (Lipinski definition) is 0. The third kappa shape index (κ3) is 4.43. The number of halogens is 1. The maximum Gasteiger partial charge on any atom is 0.247 e. The fraction of sp³-hybridized carbons (Fsp3) is 0.364. The number of benzene rings is 2. The van der Waals surface area contributed by atoms with Crippen molar-refractivity contribution >= 4 is 11.6 Å². The molecule has 2 aromatic carbocycles. The van der Waals surface area contributed by atoms with Crippen molar-refractivity contribution in [3.05, 3.63) is 70.6 Å². The molecule has 3 aromatic rings. The van der Waals surface area contributed by atoms with E-state index in [1.165, 1.54) is 11.1 Å². The van der Waals surface area contributed by atoms with Crippen molar-refractivity contribution in [2.45, 2.75) is 26.4 Å². The molecule has 0 bridgehead atoms. The molecule has 28 heavy (non-hydrogen) atoms. The Morgan fingerprint density at radius 1 is 1.04 bits per heavy atom. The average Bonchev–Trinajstić information content (AvgIpc) is 3.19. The van der Waals surface area contributed by atoms with Crippen LogP contribution in [-0.2, 0) is 6.54 Å². The van der Waals surface area contributed by atoms with Gasteiger partial charge in [0.05, 0.1) is 6.04 Å². The first kappa shape index (κ1) is 19.1. The second-order valence-corrected chi connectivity index (χ2v) is 7.87. The standard InChI is InChI=1S/C22H25ClN4O/c1-16-6-8-19(9-7-16)22-25-24-21(28-22)17(2)27-12-10-26(11-13-27)15-18-4-3-5-20(23)14-18/h3-9,14,17H,10-13,15H2,1-2H3/t17-/m0/s1. The molecule has 146 valence electrons. The Kier molecular flexibility index (Phi) is 5.76. The Hall–Kier alpha value is -2.21. The van der Waals surface area contributed by atoms with Crippen LogP contribution in [0.15, 0.2) is 52.9 Å². The van der Waals surface area contributed by atoms with Crippen LogP contribution in [0.2, 0.25) is 5.02 Å². The van der Waals surface area contributed by atoms with E-state index in [9.17, 15) is 0 Å². The molecule has 1 atom stereocenters. The molecular weight excluding hydrogens is 372 g/mol. The Bertz CT molecular complexity index is 916. The van der Waals surface area contributed by atoms with E-state index in [1.54, 1.807) is 0 Å². The van der Waals surface area contributed by atoms with Crippen molar-refractivity contribution in [2.75, 3.05) is 26.2 Å². The molecule has 0 spiro atoms. The van der Waals surface area contributed by atoms with Crippen molar-refractivity contribution < 1.29 is 4.42 Å². The third-order valence-corrected chi connectivity index (χ3v) is 5.58. The van der Waals surface area contributed by atoms with Crippen molar-refractivity contribution in [3.8, 4) is 11.5 Å². The largest absolute Gasteiger partial charge is 0.419 e. The molecular formula is C22H25ClN4O. The first-order chi connectivity index (χ1) is 13.6. The van der Waals surface area contributed by atoms with Gasteiger partial charge in [0.2, 0.25) is 11.8 Å². The van der Waals surface area contributed by atoms with Gasteiger partial charge in [-0.25, -0.2) is 0 Å². The Morgan fingerprint density at radius 3 is 2.50 bits per heavy atom. The van der Waals surface area contributed by atoms with Gasteiger partial charge in [-0.1, -0.05) is 41.4 Å². The molecule has 1 aliphatic heterocycles. The lowest BCUT2D eigenvalue weighted by Gasteiger charge is -2.36. The predicted molar refractivity (Wildman–Crippen MR) is 111 cm³/mol. The molecule has 0 N–H and O–H groups in total. The van der Waals surface area contributed by atoms with Gasteiger partial charge in [0.1, 0.15) is 0 Å². The summed E-state index contributed by atoms with van der Waals surface area (Å²) in [4.78, 5) is 4.86. The molecule has 4 rings (SSSR count). The van der Waals surface area contributed by atoms with Crippen LogP contribution in [0.1, 0.15) is 30.0 Å². The maximum absolute atomic E-state index is 6.10. The normalized spacial score (nSPS) is 17.0. The minimum Gasteiger partial charge on any atom is -0.419 e. The highest BCUT2D eigenvalue weighted by molar-refractivity contribution is 6.30.